The van der Waals surface area contributed by atoms with E-state index in [1.165, 1.54) is 0 Å². The van der Waals surface area contributed by atoms with Crippen molar-refractivity contribution in [3.8, 4) is 0 Å². The first-order valence-electron chi connectivity index (χ1n) is 5.63. The summed E-state index contributed by atoms with van der Waals surface area (Å²) in [5.74, 6) is 1.83. The molecule has 1 N–H and O–H groups in total. The lowest BCUT2D eigenvalue weighted by molar-refractivity contribution is 1.01. The van der Waals surface area contributed by atoms with E-state index in [1.807, 2.05) is 37.2 Å². The van der Waals surface area contributed by atoms with Gasteiger partial charge in [0, 0.05) is 43.1 Å². The number of aromatic nitrogens is 2. The summed E-state index contributed by atoms with van der Waals surface area (Å²) in [6, 6.07) is 7.91. The lowest BCUT2D eigenvalue weighted by Gasteiger charge is -2.16. The molecular weight excluding hydrogens is 292 g/mol. The molecule has 2 rings (SSSR count). The van der Waals surface area contributed by atoms with Crippen molar-refractivity contribution in [3.05, 3.63) is 46.7 Å². The van der Waals surface area contributed by atoms with E-state index >= 15 is 0 Å². The number of rotatable bonds is 4. The zero-order valence-corrected chi connectivity index (χ0v) is 12.0. The summed E-state index contributed by atoms with van der Waals surface area (Å²) in [6.45, 7) is 0.704. The van der Waals surface area contributed by atoms with Crippen molar-refractivity contribution in [1.29, 1.82) is 0 Å². The van der Waals surface area contributed by atoms with Crippen LogP contribution in [-0.2, 0) is 6.54 Å². The highest BCUT2D eigenvalue weighted by molar-refractivity contribution is 9.10. The number of nitrogens with one attached hydrogen (secondary N) is 1. The third-order valence-electron chi connectivity index (χ3n) is 2.48. The first-order chi connectivity index (χ1) is 8.66. The van der Waals surface area contributed by atoms with Crippen LogP contribution in [0.5, 0.6) is 0 Å². The van der Waals surface area contributed by atoms with Crippen molar-refractivity contribution in [2.45, 2.75) is 6.54 Å². The van der Waals surface area contributed by atoms with Gasteiger partial charge in [0.15, 0.2) is 0 Å². The average Bonchev–Trinajstić information content (AvgIpc) is 2.38. The Bertz CT molecular complexity index is 511. The van der Waals surface area contributed by atoms with E-state index in [0.717, 1.165) is 21.7 Å². The first-order valence-corrected chi connectivity index (χ1v) is 6.43. The highest BCUT2D eigenvalue weighted by Crippen LogP contribution is 2.16. The van der Waals surface area contributed by atoms with Gasteiger partial charge in [-0.05, 0) is 34.1 Å². The number of nitrogens with zero attached hydrogens (tertiary/aromatic N) is 3. The van der Waals surface area contributed by atoms with Gasteiger partial charge in [0.05, 0.1) is 0 Å². The topological polar surface area (TPSA) is 41.1 Å². The summed E-state index contributed by atoms with van der Waals surface area (Å²) in [6.07, 6.45) is 3.58. The van der Waals surface area contributed by atoms with Crippen LogP contribution in [0.1, 0.15) is 5.56 Å². The van der Waals surface area contributed by atoms with E-state index in [-0.39, 0.29) is 0 Å². The van der Waals surface area contributed by atoms with Gasteiger partial charge in [-0.1, -0.05) is 6.07 Å². The van der Waals surface area contributed by atoms with E-state index in [2.05, 4.69) is 37.3 Å². The largest absolute Gasteiger partial charge is 0.366 e. The molecule has 0 aromatic carbocycles. The van der Waals surface area contributed by atoms with Gasteiger partial charge in [-0.3, -0.25) is 0 Å². The summed E-state index contributed by atoms with van der Waals surface area (Å²) >= 11 is 3.37. The van der Waals surface area contributed by atoms with Crippen LogP contribution in [0.25, 0.3) is 0 Å². The molecule has 0 fully saturated rings. The van der Waals surface area contributed by atoms with Crippen molar-refractivity contribution < 1.29 is 0 Å². The van der Waals surface area contributed by atoms with Crippen molar-refractivity contribution >= 4 is 27.6 Å². The third-order valence-corrected chi connectivity index (χ3v) is 2.95. The summed E-state index contributed by atoms with van der Waals surface area (Å²) in [5, 5.41) is 3.28. The van der Waals surface area contributed by atoms with Crippen LogP contribution in [0.3, 0.4) is 0 Å². The van der Waals surface area contributed by atoms with Crippen molar-refractivity contribution in [2.24, 2.45) is 0 Å². The molecule has 0 aliphatic heterocycles. The number of hydrogen-bond donors (Lipinski definition) is 1. The lowest BCUT2D eigenvalue weighted by atomic mass is 10.2. The normalized spacial score (nSPS) is 10.2. The number of anilines is 2. The molecule has 0 unspecified atom stereocenters. The molecule has 2 aromatic heterocycles. The van der Waals surface area contributed by atoms with E-state index < -0.39 is 0 Å². The minimum absolute atomic E-state index is 0.704. The SMILES string of the molecule is CN(C)c1ncccc1CNc1ccc(Br)cn1. The number of hydrogen-bond acceptors (Lipinski definition) is 4. The predicted molar refractivity (Wildman–Crippen MR) is 77.8 cm³/mol. The monoisotopic (exact) mass is 306 g/mol. The van der Waals surface area contributed by atoms with Crippen LogP contribution in [0.4, 0.5) is 11.6 Å². The van der Waals surface area contributed by atoms with Gasteiger partial charge in [0.1, 0.15) is 11.6 Å². The van der Waals surface area contributed by atoms with Gasteiger partial charge < -0.3 is 10.2 Å². The fourth-order valence-electron chi connectivity index (χ4n) is 1.64. The van der Waals surface area contributed by atoms with E-state index in [9.17, 15) is 0 Å². The molecule has 0 bridgehead atoms. The van der Waals surface area contributed by atoms with Crippen LogP contribution >= 0.6 is 15.9 Å². The molecule has 18 heavy (non-hydrogen) atoms. The predicted octanol–water partition coefficient (Wildman–Crippen LogP) is 2.92. The van der Waals surface area contributed by atoms with Crippen molar-refractivity contribution in [3.63, 3.8) is 0 Å². The van der Waals surface area contributed by atoms with E-state index in [1.54, 1.807) is 12.4 Å². The maximum Gasteiger partial charge on any atom is 0.132 e. The summed E-state index contributed by atoms with van der Waals surface area (Å²) in [4.78, 5) is 10.6. The first kappa shape index (κ1) is 12.8. The Balaban J connectivity index is 2.08. The smallest absolute Gasteiger partial charge is 0.132 e. The maximum absolute atomic E-state index is 4.36. The van der Waals surface area contributed by atoms with E-state index in [0.29, 0.717) is 6.54 Å². The molecule has 0 saturated heterocycles. The Labute approximate surface area is 115 Å². The zero-order valence-electron chi connectivity index (χ0n) is 10.4. The average molecular weight is 307 g/mol. The molecule has 0 radical (unpaired) electrons. The second-order valence-corrected chi connectivity index (χ2v) is 5.01. The Morgan fingerprint density at radius 2 is 2.06 bits per heavy atom. The minimum Gasteiger partial charge on any atom is -0.366 e. The molecule has 5 heteroatoms. The summed E-state index contributed by atoms with van der Waals surface area (Å²) < 4.78 is 0.975. The van der Waals surface area contributed by atoms with Crippen LogP contribution in [0, 0.1) is 0 Å². The second kappa shape index (κ2) is 5.82. The standard InChI is InChI=1S/C13H15BrN4/c1-18(2)13-10(4-3-7-15-13)8-16-12-6-5-11(14)9-17-12/h3-7,9H,8H2,1-2H3,(H,16,17). The molecule has 0 saturated carbocycles. The molecule has 0 amide bonds. The maximum atomic E-state index is 4.36. The van der Waals surface area contributed by atoms with E-state index in [4.69, 9.17) is 0 Å². The van der Waals surface area contributed by atoms with Crippen LogP contribution < -0.4 is 10.2 Å². The van der Waals surface area contributed by atoms with Crippen LogP contribution in [-0.4, -0.2) is 24.1 Å². The molecule has 0 aliphatic rings. The molecule has 0 spiro atoms. The summed E-state index contributed by atoms with van der Waals surface area (Å²) in [5.41, 5.74) is 1.15. The fourth-order valence-corrected chi connectivity index (χ4v) is 1.87. The molecule has 0 aliphatic carbocycles. The molecule has 0 atom stereocenters. The molecule has 94 valence electrons. The summed E-state index contributed by atoms with van der Waals surface area (Å²) in [7, 11) is 3.98. The quantitative estimate of drug-likeness (QED) is 0.943. The van der Waals surface area contributed by atoms with Gasteiger partial charge in [-0.25, -0.2) is 9.97 Å². The van der Waals surface area contributed by atoms with Crippen LogP contribution in [0.2, 0.25) is 0 Å². The van der Waals surface area contributed by atoms with Crippen LogP contribution in [0.15, 0.2) is 41.1 Å². The number of pyridine rings is 2. The van der Waals surface area contributed by atoms with Gasteiger partial charge in [0.25, 0.3) is 0 Å². The minimum atomic E-state index is 0.704. The fraction of sp³-hybridized carbons (Fsp3) is 0.231. The Kier molecular flexibility index (Phi) is 4.15. The molecule has 4 nitrogen and oxygen atoms in total. The second-order valence-electron chi connectivity index (χ2n) is 4.10. The molecule has 2 aromatic rings. The Hall–Kier alpha value is -1.62. The highest BCUT2D eigenvalue weighted by Gasteiger charge is 2.05. The van der Waals surface area contributed by atoms with Crippen molar-refractivity contribution in [2.75, 3.05) is 24.3 Å². The molecular formula is C13H15BrN4. The molecule has 2 heterocycles. The number of halogens is 1. The van der Waals surface area contributed by atoms with Gasteiger partial charge in [-0.2, -0.15) is 0 Å². The highest BCUT2D eigenvalue weighted by atomic mass is 79.9. The van der Waals surface area contributed by atoms with Gasteiger partial charge in [-0.15, -0.1) is 0 Å². The van der Waals surface area contributed by atoms with Crippen molar-refractivity contribution in [1.82, 2.24) is 9.97 Å². The van der Waals surface area contributed by atoms with Gasteiger partial charge in [0.2, 0.25) is 0 Å². The zero-order chi connectivity index (χ0) is 13.0. The Morgan fingerprint density at radius 1 is 1.22 bits per heavy atom. The van der Waals surface area contributed by atoms with Gasteiger partial charge >= 0.3 is 0 Å². The third kappa shape index (κ3) is 3.20. The lowest BCUT2D eigenvalue weighted by Crippen LogP contribution is -2.14. The Morgan fingerprint density at radius 3 is 2.72 bits per heavy atom.